The van der Waals surface area contributed by atoms with E-state index in [1.165, 1.54) is 25.9 Å². The van der Waals surface area contributed by atoms with E-state index in [1.54, 1.807) is 14.2 Å². The number of piperidine rings is 1. The molecule has 112 valence electrons. The minimum Gasteiger partial charge on any atom is -0.467 e. The van der Waals surface area contributed by atoms with Gasteiger partial charge in [0.15, 0.2) is 0 Å². The first kappa shape index (κ1) is 14.8. The maximum Gasteiger partial charge on any atom is 0.322 e. The second kappa shape index (κ2) is 7.23. The van der Waals surface area contributed by atoms with Crippen LogP contribution < -0.4 is 15.4 Å². The van der Waals surface area contributed by atoms with Crippen LogP contribution in [0.2, 0.25) is 0 Å². The number of nitrogens with zero attached hydrogens (tertiary/aromatic N) is 4. The average molecular weight is 280 g/mol. The van der Waals surface area contributed by atoms with Crippen molar-refractivity contribution in [2.75, 3.05) is 51.0 Å². The fourth-order valence-corrected chi connectivity index (χ4v) is 2.38. The number of aromatic nitrogens is 3. The van der Waals surface area contributed by atoms with Crippen LogP contribution in [-0.2, 0) is 0 Å². The maximum absolute atomic E-state index is 5.07. The molecule has 2 rings (SSSR count). The first-order chi connectivity index (χ1) is 9.75. The van der Waals surface area contributed by atoms with Gasteiger partial charge in [-0.1, -0.05) is 6.92 Å². The normalized spacial score (nSPS) is 16.9. The smallest absolute Gasteiger partial charge is 0.322 e. The van der Waals surface area contributed by atoms with Crippen molar-refractivity contribution in [1.82, 2.24) is 19.9 Å². The van der Waals surface area contributed by atoms with Crippen molar-refractivity contribution in [3.8, 4) is 6.01 Å². The van der Waals surface area contributed by atoms with Crippen LogP contribution in [0.25, 0.3) is 0 Å². The van der Waals surface area contributed by atoms with E-state index in [-0.39, 0.29) is 0 Å². The Hall–Kier alpha value is -1.63. The number of ether oxygens (including phenoxy) is 1. The Labute approximate surface area is 120 Å². The highest BCUT2D eigenvalue weighted by molar-refractivity contribution is 5.35. The van der Waals surface area contributed by atoms with Crippen molar-refractivity contribution < 1.29 is 4.74 Å². The molecule has 0 aliphatic carbocycles. The molecule has 0 spiro atoms. The Bertz CT molecular complexity index is 397. The standard InChI is InChI=1S/C13H24N6O/c1-4-19-7-5-10(6-8-19)9-15-12-16-11(14-2)17-13(18-12)20-3/h10H,4-9H2,1-3H3,(H2,14,15,16,17,18). The molecule has 1 aliphatic heterocycles. The maximum atomic E-state index is 5.07. The van der Waals surface area contributed by atoms with Crippen molar-refractivity contribution in [2.24, 2.45) is 5.92 Å². The number of likely N-dealkylation sites (tertiary alicyclic amines) is 1. The molecular formula is C13H24N6O. The molecule has 1 saturated heterocycles. The largest absolute Gasteiger partial charge is 0.467 e. The summed E-state index contributed by atoms with van der Waals surface area (Å²) in [6.45, 7) is 6.63. The third-order valence-corrected chi connectivity index (χ3v) is 3.72. The minimum atomic E-state index is 0.327. The molecule has 0 saturated carbocycles. The molecule has 20 heavy (non-hydrogen) atoms. The number of anilines is 2. The number of hydrogen-bond acceptors (Lipinski definition) is 7. The van der Waals surface area contributed by atoms with E-state index in [2.05, 4.69) is 37.4 Å². The third-order valence-electron chi connectivity index (χ3n) is 3.72. The van der Waals surface area contributed by atoms with Gasteiger partial charge >= 0.3 is 6.01 Å². The number of methoxy groups -OCH3 is 1. The molecule has 7 nitrogen and oxygen atoms in total. The van der Waals surface area contributed by atoms with E-state index < -0.39 is 0 Å². The Morgan fingerprint density at radius 3 is 2.50 bits per heavy atom. The monoisotopic (exact) mass is 280 g/mol. The van der Waals surface area contributed by atoms with E-state index >= 15 is 0 Å². The topological polar surface area (TPSA) is 75.2 Å². The van der Waals surface area contributed by atoms with Crippen LogP contribution in [-0.4, -0.2) is 60.2 Å². The Kier molecular flexibility index (Phi) is 5.34. The lowest BCUT2D eigenvalue weighted by Gasteiger charge is -2.31. The van der Waals surface area contributed by atoms with Gasteiger partial charge in [-0.15, -0.1) is 0 Å². The van der Waals surface area contributed by atoms with Gasteiger partial charge in [0.1, 0.15) is 0 Å². The van der Waals surface area contributed by atoms with Gasteiger partial charge in [-0.25, -0.2) is 0 Å². The van der Waals surface area contributed by atoms with Crippen molar-refractivity contribution in [2.45, 2.75) is 19.8 Å². The van der Waals surface area contributed by atoms with Crippen LogP contribution in [0.1, 0.15) is 19.8 Å². The molecule has 2 N–H and O–H groups in total. The molecule has 0 amide bonds. The van der Waals surface area contributed by atoms with Gasteiger partial charge in [0.05, 0.1) is 7.11 Å². The molecule has 1 fully saturated rings. The molecule has 2 heterocycles. The van der Waals surface area contributed by atoms with Gasteiger partial charge in [-0.05, 0) is 38.4 Å². The summed E-state index contributed by atoms with van der Waals surface area (Å²) in [6, 6.07) is 0.327. The summed E-state index contributed by atoms with van der Waals surface area (Å²) in [6.07, 6.45) is 2.45. The SMILES string of the molecule is CCN1CCC(CNc2nc(NC)nc(OC)n2)CC1. The second-order valence-corrected chi connectivity index (χ2v) is 4.98. The van der Waals surface area contributed by atoms with Crippen LogP contribution in [0.5, 0.6) is 6.01 Å². The number of hydrogen-bond donors (Lipinski definition) is 2. The van der Waals surface area contributed by atoms with E-state index in [0.717, 1.165) is 13.1 Å². The molecule has 0 bridgehead atoms. The van der Waals surface area contributed by atoms with Crippen LogP contribution in [0.3, 0.4) is 0 Å². The Balaban J connectivity index is 1.87. The number of rotatable bonds is 6. The molecule has 7 heteroatoms. The van der Waals surface area contributed by atoms with Crippen molar-refractivity contribution in [1.29, 1.82) is 0 Å². The highest BCUT2D eigenvalue weighted by atomic mass is 16.5. The van der Waals surface area contributed by atoms with Crippen LogP contribution in [0.4, 0.5) is 11.9 Å². The van der Waals surface area contributed by atoms with Crippen molar-refractivity contribution in [3.63, 3.8) is 0 Å². The lowest BCUT2D eigenvalue weighted by Crippen LogP contribution is -2.35. The highest BCUT2D eigenvalue weighted by Gasteiger charge is 2.18. The number of nitrogens with one attached hydrogen (secondary N) is 2. The first-order valence-corrected chi connectivity index (χ1v) is 7.19. The summed E-state index contributed by atoms with van der Waals surface area (Å²) in [5.74, 6) is 1.76. The van der Waals surface area contributed by atoms with Crippen LogP contribution in [0.15, 0.2) is 0 Å². The zero-order chi connectivity index (χ0) is 14.4. The van der Waals surface area contributed by atoms with Gasteiger partial charge in [0.25, 0.3) is 0 Å². The second-order valence-electron chi connectivity index (χ2n) is 4.98. The molecule has 1 aromatic rings. The summed E-state index contributed by atoms with van der Waals surface area (Å²) in [5.41, 5.74) is 0. The molecule has 0 radical (unpaired) electrons. The van der Waals surface area contributed by atoms with Crippen molar-refractivity contribution >= 4 is 11.9 Å². The predicted molar refractivity (Wildman–Crippen MR) is 79.3 cm³/mol. The van der Waals surface area contributed by atoms with Gasteiger partial charge < -0.3 is 20.3 Å². The molecule has 0 aromatic carbocycles. The van der Waals surface area contributed by atoms with Crippen molar-refractivity contribution in [3.05, 3.63) is 0 Å². The Morgan fingerprint density at radius 1 is 1.20 bits per heavy atom. The summed E-state index contributed by atoms with van der Waals surface area (Å²) < 4.78 is 5.07. The van der Waals surface area contributed by atoms with Gasteiger partial charge in [-0.2, -0.15) is 15.0 Å². The lowest BCUT2D eigenvalue weighted by molar-refractivity contribution is 0.198. The fourth-order valence-electron chi connectivity index (χ4n) is 2.38. The zero-order valence-electron chi connectivity index (χ0n) is 12.5. The zero-order valence-corrected chi connectivity index (χ0v) is 12.5. The predicted octanol–water partition coefficient (Wildman–Crippen LogP) is 1.07. The summed E-state index contributed by atoms with van der Waals surface area (Å²) >= 11 is 0. The van der Waals surface area contributed by atoms with E-state index in [9.17, 15) is 0 Å². The lowest BCUT2D eigenvalue weighted by atomic mass is 9.97. The molecular weight excluding hydrogens is 256 g/mol. The minimum absolute atomic E-state index is 0.327. The van der Waals surface area contributed by atoms with Crippen LogP contribution >= 0.6 is 0 Å². The van der Waals surface area contributed by atoms with Gasteiger partial charge in [0, 0.05) is 13.6 Å². The summed E-state index contributed by atoms with van der Waals surface area (Å²) in [4.78, 5) is 15.1. The average Bonchev–Trinajstić information content (AvgIpc) is 2.53. The first-order valence-electron chi connectivity index (χ1n) is 7.19. The van der Waals surface area contributed by atoms with E-state index in [1.807, 2.05) is 0 Å². The highest BCUT2D eigenvalue weighted by Crippen LogP contribution is 2.18. The summed E-state index contributed by atoms with van der Waals surface area (Å²) in [7, 11) is 3.33. The van der Waals surface area contributed by atoms with Crippen LogP contribution in [0, 0.1) is 5.92 Å². The van der Waals surface area contributed by atoms with Gasteiger partial charge in [-0.3, -0.25) is 0 Å². The molecule has 1 aromatic heterocycles. The fraction of sp³-hybridized carbons (Fsp3) is 0.769. The van der Waals surface area contributed by atoms with E-state index in [4.69, 9.17) is 4.74 Å². The molecule has 1 aliphatic rings. The quantitative estimate of drug-likeness (QED) is 0.807. The molecule has 0 atom stereocenters. The Morgan fingerprint density at radius 2 is 1.90 bits per heavy atom. The third kappa shape index (κ3) is 3.93. The van der Waals surface area contributed by atoms with Gasteiger partial charge in [0.2, 0.25) is 11.9 Å². The van der Waals surface area contributed by atoms with E-state index in [0.29, 0.717) is 23.8 Å². The molecule has 0 unspecified atom stereocenters. The summed E-state index contributed by atoms with van der Waals surface area (Å²) in [5, 5.41) is 6.20.